The number of benzene rings is 1. The van der Waals surface area contributed by atoms with Crippen LogP contribution in [0.3, 0.4) is 0 Å². The smallest absolute Gasteiger partial charge is 0.229 e. The minimum absolute atomic E-state index is 0.176. The van der Waals surface area contributed by atoms with Crippen LogP contribution in [0.25, 0.3) is 11.0 Å². The van der Waals surface area contributed by atoms with Gasteiger partial charge in [-0.2, -0.15) is 10.1 Å². The molecule has 0 spiro atoms. The molecular weight excluding hydrogens is 332 g/mol. The molecule has 2 aromatic heterocycles. The lowest BCUT2D eigenvalue weighted by Gasteiger charge is -2.29. The van der Waals surface area contributed by atoms with Crippen molar-refractivity contribution in [1.82, 2.24) is 24.6 Å². The number of hydrogen-bond donors (Lipinski definition) is 2. The van der Waals surface area contributed by atoms with Crippen molar-refractivity contribution in [2.45, 2.75) is 13.0 Å². The van der Waals surface area contributed by atoms with Crippen LogP contribution in [0.15, 0.2) is 24.5 Å². The zero-order chi connectivity index (χ0) is 18.1. The van der Waals surface area contributed by atoms with E-state index in [1.54, 1.807) is 24.2 Å². The second kappa shape index (κ2) is 6.89. The van der Waals surface area contributed by atoms with Crippen LogP contribution in [-0.2, 0) is 20.0 Å². The van der Waals surface area contributed by atoms with Crippen molar-refractivity contribution in [3.8, 4) is 5.75 Å². The van der Waals surface area contributed by atoms with Crippen LogP contribution >= 0.6 is 0 Å². The fourth-order valence-electron chi connectivity index (χ4n) is 3.36. The zero-order valence-electron chi connectivity index (χ0n) is 14.9. The van der Waals surface area contributed by atoms with Gasteiger partial charge in [0.05, 0.1) is 31.0 Å². The monoisotopic (exact) mass is 354 g/mol. The maximum atomic E-state index is 9.19. The van der Waals surface area contributed by atoms with Crippen LogP contribution in [-0.4, -0.2) is 56.6 Å². The molecule has 8 nitrogen and oxygen atoms in total. The molecule has 8 heteroatoms. The molecule has 1 aliphatic rings. The predicted octanol–water partition coefficient (Wildman–Crippen LogP) is 1.47. The summed E-state index contributed by atoms with van der Waals surface area (Å²) in [5.74, 6) is 1.27. The summed E-state index contributed by atoms with van der Waals surface area (Å²) in [6.07, 6.45) is 4.45. The molecule has 1 aromatic carbocycles. The van der Waals surface area contributed by atoms with E-state index in [1.165, 1.54) is 11.1 Å². The molecule has 3 heterocycles. The largest absolute Gasteiger partial charge is 0.495 e. The summed E-state index contributed by atoms with van der Waals surface area (Å²) in [4.78, 5) is 11.2. The second-order valence-electron chi connectivity index (χ2n) is 6.44. The first-order valence-corrected chi connectivity index (χ1v) is 8.62. The number of fused-ring (bicyclic) bond motifs is 2. The zero-order valence-corrected chi connectivity index (χ0v) is 14.9. The van der Waals surface area contributed by atoms with Crippen molar-refractivity contribution in [2.75, 3.05) is 32.1 Å². The van der Waals surface area contributed by atoms with Crippen molar-refractivity contribution >= 4 is 22.7 Å². The third-order valence-corrected chi connectivity index (χ3v) is 4.75. The average molecular weight is 354 g/mol. The number of methoxy groups -OCH3 is 1. The number of anilines is 2. The Balaban J connectivity index is 1.66. The molecule has 136 valence electrons. The summed E-state index contributed by atoms with van der Waals surface area (Å²) < 4.78 is 7.29. The van der Waals surface area contributed by atoms with E-state index in [9.17, 15) is 5.11 Å². The Hall–Kier alpha value is -2.71. The van der Waals surface area contributed by atoms with Gasteiger partial charge in [0, 0.05) is 32.9 Å². The van der Waals surface area contributed by atoms with Crippen LogP contribution in [0, 0.1) is 0 Å². The first-order chi connectivity index (χ1) is 12.7. The summed E-state index contributed by atoms with van der Waals surface area (Å²) in [7, 11) is 3.52. The van der Waals surface area contributed by atoms with E-state index >= 15 is 0 Å². The molecular formula is C18H22N6O2. The minimum atomic E-state index is 0.176. The number of β-amino-alcohol motifs (C(OH)–C–C–N with tert-alkyl or cyclic N) is 1. The molecule has 2 N–H and O–H groups in total. The Morgan fingerprint density at radius 1 is 1.27 bits per heavy atom. The van der Waals surface area contributed by atoms with Crippen molar-refractivity contribution in [3.05, 3.63) is 35.7 Å². The number of nitrogens with one attached hydrogen (secondary N) is 1. The molecule has 0 fully saturated rings. The van der Waals surface area contributed by atoms with E-state index in [-0.39, 0.29) is 6.61 Å². The Kier molecular flexibility index (Phi) is 4.44. The molecule has 0 saturated heterocycles. The summed E-state index contributed by atoms with van der Waals surface area (Å²) in [6.45, 7) is 2.63. The number of rotatable bonds is 5. The van der Waals surface area contributed by atoms with Gasteiger partial charge in [-0.25, -0.2) is 4.98 Å². The Labute approximate surface area is 151 Å². The second-order valence-corrected chi connectivity index (χ2v) is 6.44. The van der Waals surface area contributed by atoms with E-state index in [4.69, 9.17) is 4.74 Å². The third-order valence-electron chi connectivity index (χ3n) is 4.75. The fourth-order valence-corrected chi connectivity index (χ4v) is 3.36. The lowest BCUT2D eigenvalue weighted by atomic mass is 9.98. The van der Waals surface area contributed by atoms with Crippen LogP contribution in [0.1, 0.15) is 11.1 Å². The average Bonchev–Trinajstić information content (AvgIpc) is 3.02. The van der Waals surface area contributed by atoms with E-state index in [0.717, 1.165) is 42.0 Å². The molecule has 1 aliphatic heterocycles. The van der Waals surface area contributed by atoms with Gasteiger partial charge >= 0.3 is 0 Å². The SMILES string of the molecule is COc1cc2c(cc1Nc1ncc3cnn(C)c3n1)CN(CCO)CC2. The van der Waals surface area contributed by atoms with E-state index in [0.29, 0.717) is 12.5 Å². The molecule has 0 radical (unpaired) electrons. The normalized spacial score (nSPS) is 14.4. The lowest BCUT2D eigenvalue weighted by molar-refractivity contribution is 0.184. The van der Waals surface area contributed by atoms with Gasteiger partial charge in [0.1, 0.15) is 5.75 Å². The first kappa shape index (κ1) is 16.7. The quantitative estimate of drug-likeness (QED) is 0.717. The molecule has 26 heavy (non-hydrogen) atoms. The highest BCUT2D eigenvalue weighted by Crippen LogP contribution is 2.33. The molecule has 0 saturated carbocycles. The number of nitrogens with zero attached hydrogens (tertiary/aromatic N) is 5. The standard InChI is InChI=1S/C18H22N6O2/c1-23-17-14(10-20-23)9-19-18(22-17)21-15-7-13-11-24(5-6-25)4-3-12(13)8-16(15)26-2/h7-10,25H,3-6,11H2,1-2H3,(H,19,21,22). The van der Waals surface area contributed by atoms with Crippen LogP contribution in [0.4, 0.5) is 11.6 Å². The Morgan fingerprint density at radius 2 is 2.15 bits per heavy atom. The van der Waals surface area contributed by atoms with Crippen LogP contribution in [0.2, 0.25) is 0 Å². The maximum Gasteiger partial charge on any atom is 0.229 e. The van der Waals surface area contributed by atoms with Crippen molar-refractivity contribution in [1.29, 1.82) is 0 Å². The van der Waals surface area contributed by atoms with Gasteiger partial charge in [-0.15, -0.1) is 0 Å². The van der Waals surface area contributed by atoms with Crippen molar-refractivity contribution in [3.63, 3.8) is 0 Å². The van der Waals surface area contributed by atoms with Gasteiger partial charge in [-0.3, -0.25) is 9.58 Å². The van der Waals surface area contributed by atoms with Crippen LogP contribution in [0.5, 0.6) is 5.75 Å². The maximum absolute atomic E-state index is 9.19. The molecule has 3 aromatic rings. The number of aromatic nitrogens is 4. The topological polar surface area (TPSA) is 88.3 Å². The Morgan fingerprint density at radius 3 is 2.96 bits per heavy atom. The van der Waals surface area contributed by atoms with E-state index < -0.39 is 0 Å². The number of aliphatic hydroxyl groups is 1. The van der Waals surface area contributed by atoms with Crippen LogP contribution < -0.4 is 10.1 Å². The van der Waals surface area contributed by atoms with Gasteiger partial charge in [0.2, 0.25) is 5.95 Å². The van der Waals surface area contributed by atoms with E-state index in [1.807, 2.05) is 7.05 Å². The van der Waals surface area contributed by atoms with Gasteiger partial charge < -0.3 is 15.2 Å². The van der Waals surface area contributed by atoms with Crippen molar-refractivity contribution in [2.24, 2.45) is 7.05 Å². The molecule has 0 amide bonds. The fraction of sp³-hybridized carbons (Fsp3) is 0.389. The highest BCUT2D eigenvalue weighted by molar-refractivity contribution is 5.75. The third kappa shape index (κ3) is 3.09. The molecule has 4 rings (SSSR count). The molecule has 0 bridgehead atoms. The Bertz CT molecular complexity index is 939. The van der Waals surface area contributed by atoms with Gasteiger partial charge in [-0.1, -0.05) is 0 Å². The summed E-state index contributed by atoms with van der Waals surface area (Å²) >= 11 is 0. The summed E-state index contributed by atoms with van der Waals surface area (Å²) in [6, 6.07) is 4.17. The first-order valence-electron chi connectivity index (χ1n) is 8.62. The number of aryl methyl sites for hydroxylation is 1. The number of aliphatic hydroxyl groups excluding tert-OH is 1. The highest BCUT2D eigenvalue weighted by atomic mass is 16.5. The molecule has 0 aliphatic carbocycles. The number of hydrogen-bond acceptors (Lipinski definition) is 7. The van der Waals surface area contributed by atoms with E-state index in [2.05, 4.69) is 37.4 Å². The number of ether oxygens (including phenoxy) is 1. The van der Waals surface area contributed by atoms with Gasteiger partial charge in [0.15, 0.2) is 5.65 Å². The lowest BCUT2D eigenvalue weighted by Crippen LogP contribution is -2.32. The summed E-state index contributed by atoms with van der Waals surface area (Å²) in [5, 5.41) is 17.6. The van der Waals surface area contributed by atoms with Gasteiger partial charge in [0.25, 0.3) is 0 Å². The molecule has 0 unspecified atom stereocenters. The predicted molar refractivity (Wildman–Crippen MR) is 98.6 cm³/mol. The van der Waals surface area contributed by atoms with Crippen molar-refractivity contribution < 1.29 is 9.84 Å². The molecule has 0 atom stereocenters. The highest BCUT2D eigenvalue weighted by Gasteiger charge is 2.19. The minimum Gasteiger partial charge on any atom is -0.495 e. The summed E-state index contributed by atoms with van der Waals surface area (Å²) in [5.41, 5.74) is 4.12. The van der Waals surface area contributed by atoms with Gasteiger partial charge in [-0.05, 0) is 29.7 Å².